The van der Waals surface area contributed by atoms with Gasteiger partial charge in [0.1, 0.15) is 0 Å². The van der Waals surface area contributed by atoms with Gasteiger partial charge in [0.2, 0.25) is 11.1 Å². The number of benzene rings is 1. The van der Waals surface area contributed by atoms with Crippen molar-refractivity contribution in [2.24, 2.45) is 0 Å². The summed E-state index contributed by atoms with van der Waals surface area (Å²) in [5.74, 6) is 0.549. The van der Waals surface area contributed by atoms with E-state index in [9.17, 15) is 9.59 Å². The molecule has 1 aromatic carbocycles. The molecule has 2 aromatic heterocycles. The molecule has 1 amide bonds. The van der Waals surface area contributed by atoms with Crippen LogP contribution < -0.4 is 5.32 Å². The Hall–Kier alpha value is -3.00. The topological polar surface area (TPSA) is 101 Å². The number of nitrogens with zero attached hydrogens (tertiary/aromatic N) is 3. The summed E-state index contributed by atoms with van der Waals surface area (Å²) in [6, 6.07) is 10.5. The lowest BCUT2D eigenvalue weighted by Gasteiger charge is -2.05. The molecule has 0 unspecified atom stereocenters. The van der Waals surface area contributed by atoms with Crippen LogP contribution in [0.2, 0.25) is 0 Å². The Morgan fingerprint density at radius 3 is 2.76 bits per heavy atom. The number of pyridine rings is 1. The fraction of sp³-hybridized carbons (Fsp3) is 0.118. The first-order chi connectivity index (χ1) is 12.1. The lowest BCUT2D eigenvalue weighted by atomic mass is 10.1. The summed E-state index contributed by atoms with van der Waals surface area (Å²) in [5.41, 5.74) is 2.02. The smallest absolute Gasteiger partial charge is 0.234 e. The molecule has 8 heteroatoms. The van der Waals surface area contributed by atoms with Gasteiger partial charge in [-0.05, 0) is 31.2 Å². The lowest BCUT2D eigenvalue weighted by molar-refractivity contribution is -0.113. The van der Waals surface area contributed by atoms with Crippen LogP contribution in [-0.2, 0) is 4.79 Å². The van der Waals surface area contributed by atoms with Crippen molar-refractivity contribution >= 4 is 29.1 Å². The van der Waals surface area contributed by atoms with Gasteiger partial charge in [0.15, 0.2) is 11.6 Å². The van der Waals surface area contributed by atoms with E-state index >= 15 is 0 Å². The van der Waals surface area contributed by atoms with E-state index < -0.39 is 0 Å². The number of hydrogen-bond acceptors (Lipinski definition) is 6. The summed E-state index contributed by atoms with van der Waals surface area (Å²) in [6.07, 6.45) is 3.35. The number of hydrogen-bond donors (Lipinski definition) is 2. The van der Waals surface area contributed by atoms with Gasteiger partial charge in [-0.15, -0.1) is 5.10 Å². The molecule has 0 radical (unpaired) electrons. The molecule has 2 N–H and O–H groups in total. The van der Waals surface area contributed by atoms with Crippen molar-refractivity contribution in [1.82, 2.24) is 20.2 Å². The Bertz CT molecular complexity index is 895. The quantitative estimate of drug-likeness (QED) is 0.522. The molecule has 0 saturated heterocycles. The van der Waals surface area contributed by atoms with E-state index in [0.29, 0.717) is 22.2 Å². The highest BCUT2D eigenvalue weighted by Crippen LogP contribution is 2.19. The summed E-state index contributed by atoms with van der Waals surface area (Å²) in [6.45, 7) is 1.49. The van der Waals surface area contributed by atoms with Crippen LogP contribution in [-0.4, -0.2) is 37.6 Å². The zero-order valence-electron chi connectivity index (χ0n) is 13.4. The van der Waals surface area contributed by atoms with Crippen LogP contribution in [0, 0.1) is 0 Å². The maximum absolute atomic E-state index is 12.1. The fourth-order valence-electron chi connectivity index (χ4n) is 2.09. The highest BCUT2D eigenvalue weighted by molar-refractivity contribution is 7.99. The number of carbonyl (C=O) groups is 2. The Kier molecular flexibility index (Phi) is 5.20. The van der Waals surface area contributed by atoms with E-state index in [4.69, 9.17) is 0 Å². The number of ketones is 1. The number of aromatic nitrogens is 4. The molecule has 0 saturated carbocycles. The SMILES string of the molecule is CC(=O)c1cccc(NC(=O)CSc2n[nH]c(-c3ccncc3)n2)c1. The third-order valence-electron chi connectivity index (χ3n) is 3.30. The van der Waals surface area contributed by atoms with Crippen molar-refractivity contribution < 1.29 is 9.59 Å². The largest absolute Gasteiger partial charge is 0.325 e. The van der Waals surface area contributed by atoms with E-state index in [1.165, 1.54) is 18.7 Å². The molecule has 0 spiro atoms. The van der Waals surface area contributed by atoms with Gasteiger partial charge in [-0.3, -0.25) is 19.7 Å². The molecule has 0 fully saturated rings. The number of anilines is 1. The van der Waals surface area contributed by atoms with Crippen molar-refractivity contribution in [3.8, 4) is 11.4 Å². The molecule has 3 rings (SSSR count). The van der Waals surface area contributed by atoms with Gasteiger partial charge in [-0.2, -0.15) is 0 Å². The molecule has 0 aliphatic carbocycles. The van der Waals surface area contributed by atoms with Crippen molar-refractivity contribution in [3.63, 3.8) is 0 Å². The predicted octanol–water partition coefficient (Wildman–Crippen LogP) is 2.80. The minimum atomic E-state index is -0.194. The van der Waals surface area contributed by atoms with Gasteiger partial charge in [0.05, 0.1) is 5.75 Å². The first-order valence-electron chi connectivity index (χ1n) is 7.48. The minimum Gasteiger partial charge on any atom is -0.325 e. The molecule has 126 valence electrons. The number of rotatable bonds is 6. The second-order valence-corrected chi connectivity index (χ2v) is 6.12. The first kappa shape index (κ1) is 16.8. The number of H-pyrrole nitrogens is 1. The van der Waals surface area contributed by atoms with E-state index in [2.05, 4.69) is 25.5 Å². The molecule has 0 atom stereocenters. The molecular formula is C17H15N5O2S. The summed E-state index contributed by atoms with van der Waals surface area (Å²) >= 11 is 1.23. The highest BCUT2D eigenvalue weighted by Gasteiger charge is 2.10. The monoisotopic (exact) mass is 353 g/mol. The van der Waals surface area contributed by atoms with Crippen molar-refractivity contribution in [3.05, 3.63) is 54.4 Å². The number of carbonyl (C=O) groups excluding carboxylic acids is 2. The summed E-state index contributed by atoms with van der Waals surface area (Å²) in [7, 11) is 0. The van der Waals surface area contributed by atoms with Crippen LogP contribution >= 0.6 is 11.8 Å². The average Bonchev–Trinajstić information content (AvgIpc) is 3.10. The minimum absolute atomic E-state index is 0.0464. The van der Waals surface area contributed by atoms with Gasteiger partial charge >= 0.3 is 0 Å². The number of thioether (sulfide) groups is 1. The number of aromatic amines is 1. The van der Waals surface area contributed by atoms with E-state index in [1.54, 1.807) is 36.7 Å². The second kappa shape index (κ2) is 7.71. The Morgan fingerprint density at radius 1 is 1.20 bits per heavy atom. The zero-order valence-corrected chi connectivity index (χ0v) is 14.2. The van der Waals surface area contributed by atoms with Crippen LogP contribution in [0.25, 0.3) is 11.4 Å². The first-order valence-corrected chi connectivity index (χ1v) is 8.47. The molecule has 0 aliphatic heterocycles. The molecule has 7 nitrogen and oxygen atoms in total. The van der Waals surface area contributed by atoms with Gasteiger partial charge in [-0.25, -0.2) is 4.98 Å². The second-order valence-electron chi connectivity index (χ2n) is 5.18. The number of Topliss-reactive ketones (excluding diaryl/α,β-unsaturated/α-hetero) is 1. The third kappa shape index (κ3) is 4.51. The normalized spacial score (nSPS) is 10.4. The lowest BCUT2D eigenvalue weighted by Crippen LogP contribution is -2.14. The zero-order chi connectivity index (χ0) is 17.6. The molecular weight excluding hydrogens is 338 g/mol. The maximum atomic E-state index is 12.1. The molecule has 3 aromatic rings. The van der Waals surface area contributed by atoms with Crippen molar-refractivity contribution in [1.29, 1.82) is 0 Å². The third-order valence-corrected chi connectivity index (χ3v) is 4.15. The Morgan fingerprint density at radius 2 is 2.00 bits per heavy atom. The fourth-order valence-corrected chi connectivity index (χ4v) is 2.69. The van der Waals surface area contributed by atoms with E-state index in [0.717, 1.165) is 5.56 Å². The van der Waals surface area contributed by atoms with E-state index in [-0.39, 0.29) is 17.4 Å². The van der Waals surface area contributed by atoms with Gasteiger partial charge in [-0.1, -0.05) is 23.9 Å². The summed E-state index contributed by atoms with van der Waals surface area (Å²) < 4.78 is 0. The van der Waals surface area contributed by atoms with Gasteiger partial charge in [0, 0.05) is 29.2 Å². The number of nitrogens with one attached hydrogen (secondary N) is 2. The predicted molar refractivity (Wildman–Crippen MR) is 95.4 cm³/mol. The van der Waals surface area contributed by atoms with Crippen LogP contribution in [0.5, 0.6) is 0 Å². The Labute approximate surface area is 148 Å². The van der Waals surface area contributed by atoms with Gasteiger partial charge < -0.3 is 5.32 Å². The van der Waals surface area contributed by atoms with Crippen molar-refractivity contribution in [2.75, 3.05) is 11.1 Å². The maximum Gasteiger partial charge on any atom is 0.234 e. The van der Waals surface area contributed by atoms with E-state index in [1.807, 2.05) is 12.1 Å². The van der Waals surface area contributed by atoms with Gasteiger partial charge in [0.25, 0.3) is 0 Å². The van der Waals surface area contributed by atoms with Crippen LogP contribution in [0.4, 0.5) is 5.69 Å². The molecule has 25 heavy (non-hydrogen) atoms. The van der Waals surface area contributed by atoms with Crippen molar-refractivity contribution in [2.45, 2.75) is 12.1 Å². The van der Waals surface area contributed by atoms with Crippen LogP contribution in [0.15, 0.2) is 53.9 Å². The molecule has 0 aliphatic rings. The van der Waals surface area contributed by atoms with Crippen LogP contribution in [0.1, 0.15) is 17.3 Å². The average molecular weight is 353 g/mol. The number of amides is 1. The molecule has 2 heterocycles. The standard InChI is InChI=1S/C17H15N5O2S/c1-11(23)13-3-2-4-14(9-13)19-15(24)10-25-17-20-16(21-22-17)12-5-7-18-8-6-12/h2-9H,10H2,1H3,(H,19,24)(H,20,21,22). The van der Waals surface area contributed by atoms with Crippen LogP contribution in [0.3, 0.4) is 0 Å². The molecule has 0 bridgehead atoms. The highest BCUT2D eigenvalue weighted by atomic mass is 32.2. The Balaban J connectivity index is 1.57. The summed E-state index contributed by atoms with van der Waals surface area (Å²) in [5, 5.41) is 10.2. The summed E-state index contributed by atoms with van der Waals surface area (Å²) in [4.78, 5) is 31.7.